The summed E-state index contributed by atoms with van der Waals surface area (Å²) in [4.78, 5) is 0. The van der Waals surface area contributed by atoms with E-state index >= 15 is 0 Å². The molecule has 0 radical (unpaired) electrons. The van der Waals surface area contributed by atoms with Crippen molar-refractivity contribution < 1.29 is 28.9 Å². The van der Waals surface area contributed by atoms with E-state index in [-0.39, 0.29) is 26.2 Å². The van der Waals surface area contributed by atoms with Crippen molar-refractivity contribution in [3.8, 4) is 0 Å². The molecule has 0 heterocycles. The van der Waals surface area contributed by atoms with Gasteiger partial charge in [-0.25, -0.2) is 0 Å². The molecule has 0 aliphatic carbocycles. The maximum absolute atomic E-state index is 9.81. The normalized spacial score (nSPS) is 2.50. The molecule has 0 aromatic carbocycles. The van der Waals surface area contributed by atoms with Crippen LogP contribution in [0.2, 0.25) is 0 Å². The molecule has 0 nitrogen and oxygen atoms in total. The van der Waals surface area contributed by atoms with Crippen LogP contribution in [-0.2, 0) is 26.2 Å². The second-order valence-corrected chi connectivity index (χ2v) is 0.416. The minimum atomic E-state index is -2.88. The van der Waals surface area contributed by atoms with Crippen LogP contribution in [0.15, 0.2) is 0 Å². The van der Waals surface area contributed by atoms with E-state index in [0.717, 1.165) is 0 Å². The average molecular weight is 169 g/mol. The Morgan fingerprint density at radius 2 is 1.25 bits per heavy atom. The van der Waals surface area contributed by atoms with Crippen LogP contribution in [0.1, 0.15) is 0 Å². The fourth-order valence-electron chi connectivity index (χ4n) is 0. The van der Waals surface area contributed by atoms with Gasteiger partial charge in [0.2, 0.25) is 0 Å². The number of rotatable bonds is 0. The monoisotopic (exact) mass is 168 g/mol. The van der Waals surface area contributed by atoms with Crippen LogP contribution in [0.25, 0.3) is 0 Å². The molecular formula is CaF2Zr. The molecule has 0 bridgehead atoms. The minimum absolute atomic E-state index is 0. The summed E-state index contributed by atoms with van der Waals surface area (Å²) in [5.41, 5.74) is 0. The molecule has 0 N–H and O–H groups in total. The summed E-state index contributed by atoms with van der Waals surface area (Å²) >= 11 is -2.88. The van der Waals surface area contributed by atoms with E-state index < -0.39 is 35.4 Å². The predicted octanol–water partition coefficient (Wildman–Crippen LogP) is 0.457. The molecular weight excluding hydrogens is 169 g/mol. The molecule has 0 aliphatic rings. The number of hydrogen-bond donors (Lipinski definition) is 0. The first-order chi connectivity index (χ1) is 1.41. The zero-order valence-electron chi connectivity index (χ0n) is 1.96. The Bertz CT molecular complexity index is 6.00. The Balaban J connectivity index is 0. The minimum Gasteiger partial charge on any atom is 0 e. The van der Waals surface area contributed by atoms with Gasteiger partial charge in [0.1, 0.15) is 0 Å². The Labute approximate surface area is 63.2 Å². The van der Waals surface area contributed by atoms with Crippen LogP contribution < -0.4 is 0 Å². The van der Waals surface area contributed by atoms with Gasteiger partial charge in [0.15, 0.2) is 0 Å². The van der Waals surface area contributed by atoms with Crippen molar-refractivity contribution in [3.63, 3.8) is 0 Å². The van der Waals surface area contributed by atoms with Gasteiger partial charge in [0.25, 0.3) is 0 Å². The number of halogens is 2. The molecule has 0 saturated heterocycles. The third-order valence-corrected chi connectivity index (χ3v) is 0. The fourth-order valence-corrected chi connectivity index (χ4v) is 0. The molecule has 0 fully saturated rings. The molecule has 4 heavy (non-hydrogen) atoms. The summed E-state index contributed by atoms with van der Waals surface area (Å²) in [6, 6.07) is 0. The average Bonchev–Trinajstić information content (AvgIpc) is 0.918. The number of hydrogen-bond acceptors (Lipinski definition) is 0. The summed E-state index contributed by atoms with van der Waals surface area (Å²) in [5, 5.41) is 0. The van der Waals surface area contributed by atoms with Crippen molar-refractivity contribution in [3.05, 3.63) is 0 Å². The Morgan fingerprint density at radius 1 is 1.25 bits per heavy atom. The fraction of sp³-hybridized carbons (Fsp3) is 0. The first-order valence-electron chi connectivity index (χ1n) is 0.535. The van der Waals surface area contributed by atoms with Gasteiger partial charge in [-0.05, 0) is 0 Å². The van der Waals surface area contributed by atoms with Crippen molar-refractivity contribution in [2.45, 2.75) is 0 Å². The van der Waals surface area contributed by atoms with Crippen LogP contribution in [0.5, 0.6) is 0 Å². The van der Waals surface area contributed by atoms with Crippen LogP contribution in [0.4, 0.5) is 2.73 Å². The van der Waals surface area contributed by atoms with Gasteiger partial charge in [0.05, 0.1) is 0 Å². The van der Waals surface area contributed by atoms with E-state index in [4.69, 9.17) is 0 Å². The smallest absolute Gasteiger partial charge is 0 e. The molecule has 0 aromatic heterocycles. The van der Waals surface area contributed by atoms with Crippen LogP contribution >= 0.6 is 0 Å². The van der Waals surface area contributed by atoms with Gasteiger partial charge in [-0.3, -0.25) is 0 Å². The third kappa shape index (κ3) is 9.00. The quantitative estimate of drug-likeness (QED) is 0.462. The Morgan fingerprint density at radius 3 is 1.25 bits per heavy atom. The van der Waals surface area contributed by atoms with Crippen molar-refractivity contribution >= 4 is 35.4 Å². The summed E-state index contributed by atoms with van der Waals surface area (Å²) in [6.45, 7) is 0. The molecule has 4 heteroatoms. The Kier molecular flexibility index (Phi) is 20.8. The maximum Gasteiger partial charge on any atom is 0 e. The molecule has 0 aliphatic heterocycles. The molecule has 0 amide bonds. The predicted molar refractivity (Wildman–Crippen MR) is 7.97 cm³/mol. The zero-order valence-corrected chi connectivity index (χ0v) is 6.63. The van der Waals surface area contributed by atoms with Crippen LogP contribution in [0.3, 0.4) is 0 Å². The van der Waals surface area contributed by atoms with Crippen LogP contribution in [0, 0.1) is 0 Å². The Hall–Kier alpha value is 2.00. The molecule has 0 aromatic rings. The third-order valence-electron chi connectivity index (χ3n) is 0. The molecule has 0 saturated carbocycles. The SMILES string of the molecule is [F][Ca][F].[Zr]. The molecule has 0 spiro atoms. The van der Waals surface area contributed by atoms with Gasteiger partial charge in [-0.1, -0.05) is 0 Å². The summed E-state index contributed by atoms with van der Waals surface area (Å²) in [5.74, 6) is 0. The van der Waals surface area contributed by atoms with Gasteiger partial charge < -0.3 is 0 Å². The molecule has 0 unspecified atom stereocenters. The van der Waals surface area contributed by atoms with Crippen LogP contribution in [-0.4, -0.2) is 35.4 Å². The van der Waals surface area contributed by atoms with E-state index in [1.807, 2.05) is 0 Å². The van der Waals surface area contributed by atoms with Crippen molar-refractivity contribution in [1.82, 2.24) is 0 Å². The second-order valence-electron chi connectivity index (χ2n) is 0.101. The summed E-state index contributed by atoms with van der Waals surface area (Å²) < 4.78 is 19.6. The standard InChI is InChI=1S/Ca.2FH.Zr/h;2*1H;/q+2;;;/p-2. The van der Waals surface area contributed by atoms with E-state index in [1.165, 1.54) is 0 Å². The maximum atomic E-state index is 9.81. The summed E-state index contributed by atoms with van der Waals surface area (Å²) in [7, 11) is 0. The van der Waals surface area contributed by atoms with E-state index in [2.05, 4.69) is 0 Å². The van der Waals surface area contributed by atoms with Gasteiger partial charge in [-0.15, -0.1) is 0 Å². The van der Waals surface area contributed by atoms with Crippen molar-refractivity contribution in [2.24, 2.45) is 0 Å². The van der Waals surface area contributed by atoms with E-state index in [0.29, 0.717) is 0 Å². The van der Waals surface area contributed by atoms with Gasteiger partial charge >= 0.3 is 38.1 Å². The van der Waals surface area contributed by atoms with Crippen molar-refractivity contribution in [1.29, 1.82) is 0 Å². The topological polar surface area (TPSA) is 0 Å². The molecule has 20 valence electrons. The zero-order chi connectivity index (χ0) is 2.71. The second kappa shape index (κ2) is 8.89. The summed E-state index contributed by atoms with van der Waals surface area (Å²) in [6.07, 6.45) is 0. The first-order valence-corrected chi connectivity index (χ1v) is 2.20. The van der Waals surface area contributed by atoms with Gasteiger partial charge in [-0.2, -0.15) is 0 Å². The van der Waals surface area contributed by atoms with E-state index in [9.17, 15) is 2.73 Å². The van der Waals surface area contributed by atoms with Gasteiger partial charge in [0, 0.05) is 26.2 Å². The molecule has 0 rings (SSSR count). The largest absolute Gasteiger partial charge is 0 e. The first kappa shape index (κ1) is 9.38. The molecule has 0 atom stereocenters. The van der Waals surface area contributed by atoms with Crippen molar-refractivity contribution in [2.75, 3.05) is 0 Å². The van der Waals surface area contributed by atoms with E-state index in [1.54, 1.807) is 0 Å².